The molecule has 94 heavy (non-hydrogen) atoms. The van der Waals surface area contributed by atoms with Gasteiger partial charge in [-0.25, -0.2) is 9.13 Å². The zero-order chi connectivity index (χ0) is 69.0. The summed E-state index contributed by atoms with van der Waals surface area (Å²) in [5, 5.41) is 10.6. The van der Waals surface area contributed by atoms with Crippen LogP contribution in [-0.2, 0) is 65.4 Å². The lowest BCUT2D eigenvalue weighted by molar-refractivity contribution is -0.161. The van der Waals surface area contributed by atoms with E-state index in [-0.39, 0.29) is 25.7 Å². The summed E-state index contributed by atoms with van der Waals surface area (Å²) >= 11 is 0. The molecular weight excluding hydrogens is 1230 g/mol. The molecule has 0 spiro atoms. The van der Waals surface area contributed by atoms with Crippen LogP contribution in [0.25, 0.3) is 0 Å². The van der Waals surface area contributed by atoms with E-state index in [1.165, 1.54) is 83.5 Å². The van der Waals surface area contributed by atoms with Crippen molar-refractivity contribution in [2.45, 2.75) is 290 Å². The zero-order valence-corrected chi connectivity index (χ0v) is 60.1. The molecule has 0 bridgehead atoms. The predicted molar refractivity (Wildman–Crippen MR) is 381 cm³/mol. The fourth-order valence-corrected chi connectivity index (χ4v) is 10.7. The Bertz CT molecular complexity index is 2270. The molecule has 0 fully saturated rings. The molecule has 0 aromatic rings. The fraction of sp³-hybridized carbons (Fsp3) is 0.680. The third-order valence-corrected chi connectivity index (χ3v) is 16.4. The number of carbonyl (C=O) groups is 4. The lowest BCUT2D eigenvalue weighted by Gasteiger charge is -2.21. The van der Waals surface area contributed by atoms with Crippen molar-refractivity contribution in [2.24, 2.45) is 0 Å². The molecule has 17 nitrogen and oxygen atoms in total. The predicted octanol–water partition coefficient (Wildman–Crippen LogP) is 20.0. The first kappa shape index (κ1) is 89.5. The summed E-state index contributed by atoms with van der Waals surface area (Å²) in [5.41, 5.74) is 0. The molecule has 0 saturated carbocycles. The summed E-state index contributed by atoms with van der Waals surface area (Å²) in [5.74, 6) is -2.39. The van der Waals surface area contributed by atoms with Gasteiger partial charge < -0.3 is 33.8 Å². The van der Waals surface area contributed by atoms with E-state index in [1.54, 1.807) is 12.2 Å². The van der Waals surface area contributed by atoms with Crippen LogP contribution in [0.2, 0.25) is 0 Å². The number of unbranched alkanes of at least 4 members (excludes halogenated alkanes) is 21. The number of aliphatic hydroxyl groups excluding tert-OH is 1. The normalized spacial score (nSPS) is 14.8. The highest BCUT2D eigenvalue weighted by Gasteiger charge is 2.30. The molecule has 0 radical (unpaired) electrons. The van der Waals surface area contributed by atoms with E-state index in [1.807, 2.05) is 24.3 Å². The van der Waals surface area contributed by atoms with Crippen molar-refractivity contribution in [1.82, 2.24) is 0 Å². The van der Waals surface area contributed by atoms with Gasteiger partial charge in [-0.2, -0.15) is 0 Å². The van der Waals surface area contributed by atoms with Crippen molar-refractivity contribution in [3.8, 4) is 0 Å². The minimum Gasteiger partial charge on any atom is -0.462 e. The van der Waals surface area contributed by atoms with Gasteiger partial charge >= 0.3 is 39.5 Å². The Labute approximate surface area is 568 Å². The molecule has 0 heterocycles. The molecule has 0 saturated heterocycles. The topological polar surface area (TPSA) is 237 Å². The van der Waals surface area contributed by atoms with Gasteiger partial charge in [0.25, 0.3) is 0 Å². The van der Waals surface area contributed by atoms with Crippen LogP contribution in [0.3, 0.4) is 0 Å². The summed E-state index contributed by atoms with van der Waals surface area (Å²) < 4.78 is 68.0. The van der Waals surface area contributed by atoms with Gasteiger partial charge in [0, 0.05) is 19.3 Å². The number of ether oxygens (including phenoxy) is 4. The molecule has 0 rings (SSSR count). The average molecular weight is 1360 g/mol. The largest absolute Gasteiger partial charge is 0.472 e. The van der Waals surface area contributed by atoms with Crippen LogP contribution in [0, 0.1) is 0 Å². The Balaban J connectivity index is 5.45. The molecule has 19 heteroatoms. The van der Waals surface area contributed by atoms with E-state index < -0.39 is 97.5 Å². The van der Waals surface area contributed by atoms with Gasteiger partial charge in [-0.1, -0.05) is 278 Å². The summed E-state index contributed by atoms with van der Waals surface area (Å²) in [7, 11) is -9.98. The Morgan fingerprint density at radius 3 is 0.947 bits per heavy atom. The van der Waals surface area contributed by atoms with Crippen LogP contribution >= 0.6 is 15.6 Å². The number of carbonyl (C=O) groups excluding carboxylic acids is 4. The number of phosphoric acid groups is 2. The number of hydrogen-bond donors (Lipinski definition) is 3. The Morgan fingerprint density at radius 2 is 0.596 bits per heavy atom. The summed E-state index contributed by atoms with van der Waals surface area (Å²) in [4.78, 5) is 72.5. The molecule has 538 valence electrons. The summed E-state index contributed by atoms with van der Waals surface area (Å²) in [6, 6.07) is 0. The number of rotatable bonds is 66. The van der Waals surface area contributed by atoms with Gasteiger partial charge in [-0.05, 0) is 89.9 Å². The number of phosphoric ester groups is 2. The number of allylic oxidation sites excluding steroid dienone is 19. The summed E-state index contributed by atoms with van der Waals surface area (Å²) in [6.45, 7) is 4.43. The first-order valence-electron chi connectivity index (χ1n) is 35.8. The minimum absolute atomic E-state index is 0.0613. The van der Waals surface area contributed by atoms with Crippen molar-refractivity contribution in [3.63, 3.8) is 0 Å². The second-order valence-corrected chi connectivity index (χ2v) is 26.4. The molecule has 0 amide bonds. The van der Waals surface area contributed by atoms with Crippen molar-refractivity contribution in [2.75, 3.05) is 39.6 Å². The van der Waals surface area contributed by atoms with Gasteiger partial charge in [0.05, 0.1) is 32.8 Å². The van der Waals surface area contributed by atoms with Gasteiger partial charge in [0.1, 0.15) is 19.3 Å². The van der Waals surface area contributed by atoms with E-state index in [2.05, 4.69) is 113 Å². The number of hydrogen-bond acceptors (Lipinski definition) is 15. The standard InChI is InChI=1S/C75H126O17P2/c1-5-9-13-17-21-25-29-31-33-34-36-37-41-44-48-52-56-60-73(78)86-66-71(92-75(80)62-58-54-50-46-42-38-35-32-30-26-22-18-14-10-6-2)68-90-94(83,84)88-64-69(76)63-87-93(81,82)89-67-70(91-74(79)61-57-53-49-45-40-28-24-20-16-12-8-4)65-85-72(77)59-55-51-47-43-39-27-23-19-15-11-7-3/h9-10,13-14,21-22,25-26,31-33,35-37,42,44,46,48,54,58,69-71,76H,5-8,11-12,15-20,23-24,27-30,34,38-41,43,45,47,49-53,55-57,59-68H2,1-4H3,(H,81,82)(H,83,84)/b13-9-,14-10-,25-21-,26-22-,33-31-,35-32-,37-36-,46-42-,48-44-,58-54-. The molecule has 0 aliphatic heterocycles. The fourth-order valence-electron chi connectivity index (χ4n) is 9.10. The van der Waals surface area contributed by atoms with Crippen LogP contribution in [0.4, 0.5) is 0 Å². The first-order chi connectivity index (χ1) is 45.7. The second kappa shape index (κ2) is 67.0. The van der Waals surface area contributed by atoms with Crippen molar-refractivity contribution < 1.29 is 80.2 Å². The Morgan fingerprint density at radius 1 is 0.319 bits per heavy atom. The summed E-state index contributed by atoms with van der Waals surface area (Å²) in [6.07, 6.45) is 71.1. The van der Waals surface area contributed by atoms with E-state index in [9.17, 15) is 43.2 Å². The highest BCUT2D eigenvalue weighted by atomic mass is 31.2. The lowest BCUT2D eigenvalue weighted by atomic mass is 10.1. The molecule has 0 aromatic heterocycles. The van der Waals surface area contributed by atoms with Crippen LogP contribution in [0.5, 0.6) is 0 Å². The maximum Gasteiger partial charge on any atom is 0.472 e. The smallest absolute Gasteiger partial charge is 0.462 e. The third kappa shape index (κ3) is 66.1. The monoisotopic (exact) mass is 1360 g/mol. The molecule has 5 unspecified atom stereocenters. The number of aliphatic hydroxyl groups is 1. The van der Waals surface area contributed by atoms with Crippen molar-refractivity contribution in [1.29, 1.82) is 0 Å². The van der Waals surface area contributed by atoms with Crippen LogP contribution in [0.1, 0.15) is 272 Å². The van der Waals surface area contributed by atoms with E-state index in [0.29, 0.717) is 32.1 Å². The highest BCUT2D eigenvalue weighted by molar-refractivity contribution is 7.47. The first-order valence-corrected chi connectivity index (χ1v) is 38.8. The van der Waals surface area contributed by atoms with E-state index in [4.69, 9.17) is 37.0 Å². The maximum atomic E-state index is 13.0. The van der Waals surface area contributed by atoms with Gasteiger partial charge in [0.2, 0.25) is 0 Å². The molecule has 3 N–H and O–H groups in total. The van der Waals surface area contributed by atoms with Gasteiger partial charge in [-0.3, -0.25) is 37.3 Å². The Hall–Kier alpha value is -4.54. The minimum atomic E-state index is -5.01. The van der Waals surface area contributed by atoms with Crippen LogP contribution < -0.4 is 0 Å². The third-order valence-electron chi connectivity index (χ3n) is 14.5. The van der Waals surface area contributed by atoms with Crippen LogP contribution in [-0.4, -0.2) is 96.7 Å². The number of esters is 4. The Kier molecular flexibility index (Phi) is 63.8. The molecular formula is C75H126O17P2. The highest BCUT2D eigenvalue weighted by Crippen LogP contribution is 2.45. The average Bonchev–Trinajstić information content (AvgIpc) is 1.29. The van der Waals surface area contributed by atoms with E-state index >= 15 is 0 Å². The van der Waals surface area contributed by atoms with Gasteiger partial charge in [0.15, 0.2) is 12.2 Å². The second-order valence-electron chi connectivity index (χ2n) is 23.4. The maximum absolute atomic E-state index is 13.0. The molecule has 5 atom stereocenters. The quantitative estimate of drug-likeness (QED) is 0.0169. The SMILES string of the molecule is CC/C=C\C/C=C\C/C=C\C/C=C\C/C=C\CCCC(=O)OCC(COP(=O)(O)OCC(O)COP(=O)(O)OCC(COC(=O)CCCCCCCCCCCCC)OC(=O)CCCCCCCCCCCCC)OC(=O)C/C=C\C/C=C\C/C=C\C/C=C\C/C=C\CC. The lowest BCUT2D eigenvalue weighted by Crippen LogP contribution is -2.30. The van der Waals surface area contributed by atoms with Crippen molar-refractivity contribution in [3.05, 3.63) is 122 Å². The van der Waals surface area contributed by atoms with Gasteiger partial charge in [-0.15, -0.1) is 0 Å². The molecule has 0 aliphatic carbocycles. The van der Waals surface area contributed by atoms with Crippen LogP contribution in [0.15, 0.2) is 122 Å². The molecule has 0 aromatic carbocycles. The molecule has 0 aliphatic rings. The van der Waals surface area contributed by atoms with E-state index in [0.717, 1.165) is 103 Å². The van der Waals surface area contributed by atoms with Crippen molar-refractivity contribution >= 4 is 39.5 Å². The zero-order valence-electron chi connectivity index (χ0n) is 58.3.